The minimum atomic E-state index is -4.10. The van der Waals surface area contributed by atoms with Gasteiger partial charge in [-0.25, -0.2) is 16.8 Å². The zero-order valence-electron chi connectivity index (χ0n) is 12.6. The largest absolute Gasteiger partial charge is 0.495 e. The van der Waals surface area contributed by atoms with Gasteiger partial charge in [0.15, 0.2) is 24.8 Å². The highest BCUT2D eigenvalue weighted by Gasteiger charge is 2.30. The van der Waals surface area contributed by atoms with Crippen LogP contribution < -0.4 is 9.47 Å². The number of benzene rings is 2. The van der Waals surface area contributed by atoms with Gasteiger partial charge in [0, 0.05) is 0 Å². The van der Waals surface area contributed by atoms with E-state index in [1.54, 1.807) is 12.1 Å². The van der Waals surface area contributed by atoms with E-state index in [0.29, 0.717) is 0 Å². The second-order valence-corrected chi connectivity index (χ2v) is 8.93. The molecule has 0 aliphatic heterocycles. The van der Waals surface area contributed by atoms with E-state index in [0.717, 1.165) is 0 Å². The quantitative estimate of drug-likeness (QED) is 0.786. The lowest BCUT2D eigenvalue weighted by molar-refractivity contribution is 0.402. The van der Waals surface area contributed by atoms with E-state index in [2.05, 4.69) is 0 Å². The second kappa shape index (κ2) is 6.59. The molecule has 0 unspecified atom stereocenters. The van der Waals surface area contributed by atoms with Gasteiger partial charge in [0.25, 0.3) is 0 Å². The van der Waals surface area contributed by atoms with Crippen LogP contribution in [-0.4, -0.2) is 36.1 Å². The number of ether oxygens (including phenoxy) is 2. The first-order chi connectivity index (χ1) is 10.8. The van der Waals surface area contributed by atoms with Crippen LogP contribution in [0.25, 0.3) is 0 Å². The molecule has 6 nitrogen and oxygen atoms in total. The van der Waals surface area contributed by atoms with E-state index in [1.165, 1.54) is 50.6 Å². The lowest BCUT2D eigenvalue weighted by atomic mass is 10.3. The molecule has 0 bridgehead atoms. The SMILES string of the molecule is COc1ccccc1S(=O)(=O)CS(=O)(=O)c1ccccc1OC. The number of sulfone groups is 2. The van der Waals surface area contributed by atoms with Crippen molar-refractivity contribution in [3.05, 3.63) is 48.5 Å². The highest BCUT2D eigenvalue weighted by Crippen LogP contribution is 2.29. The summed E-state index contributed by atoms with van der Waals surface area (Å²) in [5.74, 6) is 0.199. The van der Waals surface area contributed by atoms with E-state index in [4.69, 9.17) is 9.47 Å². The van der Waals surface area contributed by atoms with E-state index in [9.17, 15) is 16.8 Å². The van der Waals surface area contributed by atoms with Gasteiger partial charge in [0.1, 0.15) is 21.3 Å². The van der Waals surface area contributed by atoms with Gasteiger partial charge in [-0.15, -0.1) is 0 Å². The molecule has 0 aliphatic carbocycles. The van der Waals surface area contributed by atoms with Crippen molar-refractivity contribution in [1.29, 1.82) is 0 Å². The molecule has 0 fully saturated rings. The molecule has 2 rings (SSSR count). The maximum atomic E-state index is 12.5. The van der Waals surface area contributed by atoms with Crippen LogP contribution in [0.2, 0.25) is 0 Å². The Morgan fingerprint density at radius 3 is 1.39 bits per heavy atom. The third-order valence-electron chi connectivity index (χ3n) is 3.12. The Balaban J connectivity index is 2.48. The predicted octanol–water partition coefficient (Wildman–Crippen LogP) is 1.91. The van der Waals surface area contributed by atoms with Crippen LogP contribution in [0.3, 0.4) is 0 Å². The van der Waals surface area contributed by atoms with Gasteiger partial charge in [-0.05, 0) is 24.3 Å². The summed E-state index contributed by atoms with van der Waals surface area (Å²) in [7, 11) is -5.56. The van der Waals surface area contributed by atoms with Crippen molar-refractivity contribution < 1.29 is 26.3 Å². The van der Waals surface area contributed by atoms with Crippen LogP contribution in [0.4, 0.5) is 0 Å². The maximum Gasteiger partial charge on any atom is 0.196 e. The zero-order chi connectivity index (χ0) is 17.1. The summed E-state index contributed by atoms with van der Waals surface area (Å²) in [6.07, 6.45) is 0. The van der Waals surface area contributed by atoms with Gasteiger partial charge in [-0.3, -0.25) is 0 Å². The van der Waals surface area contributed by atoms with Crippen molar-refractivity contribution in [2.24, 2.45) is 0 Å². The molecular formula is C15H16O6S2. The van der Waals surface area contributed by atoms with E-state index >= 15 is 0 Å². The minimum absolute atomic E-state index is 0.0997. The topological polar surface area (TPSA) is 86.7 Å². The Bertz CT molecular complexity index is 826. The van der Waals surface area contributed by atoms with Crippen LogP contribution >= 0.6 is 0 Å². The van der Waals surface area contributed by atoms with Gasteiger partial charge >= 0.3 is 0 Å². The highest BCUT2D eigenvalue weighted by atomic mass is 32.3. The van der Waals surface area contributed by atoms with E-state index in [1.807, 2.05) is 0 Å². The van der Waals surface area contributed by atoms with Crippen molar-refractivity contribution in [2.45, 2.75) is 9.79 Å². The molecule has 124 valence electrons. The monoisotopic (exact) mass is 356 g/mol. The average molecular weight is 356 g/mol. The molecule has 8 heteroatoms. The Hall–Kier alpha value is -2.06. The smallest absolute Gasteiger partial charge is 0.196 e. The molecule has 0 atom stereocenters. The first kappa shape index (κ1) is 17.3. The Morgan fingerprint density at radius 1 is 0.696 bits per heavy atom. The molecule has 0 aromatic heterocycles. The highest BCUT2D eigenvalue weighted by molar-refractivity contribution is 8.08. The first-order valence-corrected chi connectivity index (χ1v) is 9.84. The second-order valence-electron chi connectivity index (χ2n) is 4.65. The van der Waals surface area contributed by atoms with Crippen molar-refractivity contribution in [2.75, 3.05) is 19.3 Å². The molecule has 23 heavy (non-hydrogen) atoms. The molecule has 0 amide bonds. The molecule has 2 aromatic carbocycles. The molecule has 0 saturated heterocycles. The summed E-state index contributed by atoms with van der Waals surface area (Å²) in [4.78, 5) is -0.332. The lowest BCUT2D eigenvalue weighted by Gasteiger charge is -2.11. The summed E-state index contributed by atoms with van der Waals surface area (Å²) >= 11 is 0. The molecule has 2 aromatic rings. The summed E-state index contributed by atoms with van der Waals surface area (Å²) in [6.45, 7) is 0. The third-order valence-corrected chi connectivity index (χ3v) is 7.62. The molecular weight excluding hydrogens is 340 g/mol. The minimum Gasteiger partial charge on any atom is -0.495 e. The normalized spacial score (nSPS) is 11.9. The van der Waals surface area contributed by atoms with Crippen molar-refractivity contribution >= 4 is 19.7 Å². The first-order valence-electron chi connectivity index (χ1n) is 6.53. The summed E-state index contributed by atoms with van der Waals surface area (Å²) in [6, 6.07) is 11.8. The van der Waals surface area contributed by atoms with Gasteiger partial charge < -0.3 is 9.47 Å². The molecule has 0 heterocycles. The molecule has 0 spiro atoms. The fourth-order valence-electron chi connectivity index (χ4n) is 2.08. The van der Waals surface area contributed by atoms with Crippen LogP contribution in [-0.2, 0) is 19.7 Å². The molecule has 0 aliphatic rings. The number of para-hydroxylation sites is 2. The summed E-state index contributed by atoms with van der Waals surface area (Å²) < 4.78 is 60.0. The molecule has 0 saturated carbocycles. The van der Waals surface area contributed by atoms with Gasteiger partial charge in [0.05, 0.1) is 14.2 Å². The van der Waals surface area contributed by atoms with Crippen LogP contribution in [0.15, 0.2) is 58.3 Å². The number of hydrogen-bond donors (Lipinski definition) is 0. The van der Waals surface area contributed by atoms with Crippen molar-refractivity contribution in [3.8, 4) is 11.5 Å². The van der Waals surface area contributed by atoms with Crippen molar-refractivity contribution in [3.63, 3.8) is 0 Å². The zero-order valence-corrected chi connectivity index (χ0v) is 14.2. The Morgan fingerprint density at radius 2 is 1.04 bits per heavy atom. The Kier molecular flexibility index (Phi) is 4.96. The standard InChI is InChI=1S/C15H16O6S2/c1-20-12-7-3-5-9-14(12)22(16,17)11-23(18,19)15-10-6-4-8-13(15)21-2/h3-10H,11H2,1-2H3. The molecule has 0 N–H and O–H groups in total. The van der Waals surface area contributed by atoms with Gasteiger partial charge in [-0.1, -0.05) is 24.3 Å². The lowest BCUT2D eigenvalue weighted by Crippen LogP contribution is -2.18. The summed E-state index contributed by atoms with van der Waals surface area (Å²) in [5, 5.41) is -1.07. The van der Waals surface area contributed by atoms with Gasteiger partial charge in [0.2, 0.25) is 0 Å². The van der Waals surface area contributed by atoms with Gasteiger partial charge in [-0.2, -0.15) is 0 Å². The van der Waals surface area contributed by atoms with Crippen LogP contribution in [0.5, 0.6) is 11.5 Å². The third kappa shape index (κ3) is 3.65. The predicted molar refractivity (Wildman–Crippen MR) is 85.2 cm³/mol. The maximum absolute atomic E-state index is 12.5. The van der Waals surface area contributed by atoms with Crippen molar-refractivity contribution in [1.82, 2.24) is 0 Å². The fraction of sp³-hybridized carbons (Fsp3) is 0.200. The average Bonchev–Trinajstić information content (AvgIpc) is 2.53. The van der Waals surface area contributed by atoms with E-state index in [-0.39, 0.29) is 21.3 Å². The fourth-order valence-corrected chi connectivity index (χ4v) is 6.22. The Labute approximate surface area is 135 Å². The molecule has 0 radical (unpaired) electrons. The van der Waals surface area contributed by atoms with Crippen LogP contribution in [0.1, 0.15) is 0 Å². The van der Waals surface area contributed by atoms with E-state index < -0.39 is 24.8 Å². The number of rotatable bonds is 6. The number of hydrogen-bond acceptors (Lipinski definition) is 6. The summed E-state index contributed by atoms with van der Waals surface area (Å²) in [5.41, 5.74) is 0. The number of methoxy groups -OCH3 is 2. The van der Waals surface area contributed by atoms with Crippen LogP contribution in [0, 0.1) is 0 Å².